The van der Waals surface area contributed by atoms with Crippen molar-refractivity contribution in [3.63, 3.8) is 0 Å². The number of rotatable bonds is 14. The van der Waals surface area contributed by atoms with Crippen LogP contribution in [0.25, 0.3) is 0 Å². The third kappa shape index (κ3) is 11.0. The summed E-state index contributed by atoms with van der Waals surface area (Å²) < 4.78 is 14.5. The van der Waals surface area contributed by atoms with Crippen molar-refractivity contribution in [1.29, 1.82) is 0 Å². The maximum absolute atomic E-state index is 12.0. The van der Waals surface area contributed by atoms with Crippen LogP contribution >= 0.6 is 22.6 Å². The summed E-state index contributed by atoms with van der Waals surface area (Å²) in [5.41, 5.74) is 1.61. The minimum Gasteiger partial charge on any atom is -0.468 e. The normalized spacial score (nSPS) is 14.0. The second-order valence-corrected chi connectivity index (χ2v) is 8.84. The molecular weight excluding hydrogens is 587 g/mol. The first-order valence-corrected chi connectivity index (χ1v) is 12.7. The van der Waals surface area contributed by atoms with Crippen LogP contribution in [0.2, 0.25) is 0 Å². The van der Waals surface area contributed by atoms with Gasteiger partial charge in [0.25, 0.3) is 0 Å². The molecule has 1 heterocycles. The van der Waals surface area contributed by atoms with Crippen LogP contribution in [-0.4, -0.2) is 115 Å². The van der Waals surface area contributed by atoms with E-state index in [2.05, 4.69) is 10.1 Å². The zero-order chi connectivity index (χ0) is 26.5. The zero-order valence-corrected chi connectivity index (χ0v) is 22.5. The van der Waals surface area contributed by atoms with Gasteiger partial charge in [0.15, 0.2) is 0 Å². The molecule has 12 nitrogen and oxygen atoms in total. The largest absolute Gasteiger partial charge is 0.468 e. The summed E-state index contributed by atoms with van der Waals surface area (Å²) in [6.45, 7) is 2.12. The Kier molecular flexibility index (Phi) is 12.7. The summed E-state index contributed by atoms with van der Waals surface area (Å²) >= 11 is 1.99. The van der Waals surface area contributed by atoms with E-state index in [-0.39, 0.29) is 32.1 Å². The van der Waals surface area contributed by atoms with E-state index in [1.807, 2.05) is 44.5 Å². The number of hydrogen-bond acceptors (Lipinski definition) is 11. The molecule has 0 unspecified atom stereocenters. The first-order valence-electron chi connectivity index (χ1n) is 11.2. The highest BCUT2D eigenvalue weighted by Crippen LogP contribution is 2.12. The number of benzene rings is 1. The highest BCUT2D eigenvalue weighted by molar-refractivity contribution is 14.1. The van der Waals surface area contributed by atoms with Crippen molar-refractivity contribution in [3.05, 3.63) is 29.8 Å². The van der Waals surface area contributed by atoms with Gasteiger partial charge in [-0.2, -0.15) is 0 Å². The number of ether oxygens (including phenoxy) is 3. The number of halogens is 1. The van der Waals surface area contributed by atoms with Crippen LogP contribution in [0.5, 0.6) is 0 Å². The molecule has 198 valence electrons. The van der Waals surface area contributed by atoms with Crippen molar-refractivity contribution in [1.82, 2.24) is 14.7 Å². The van der Waals surface area contributed by atoms with Gasteiger partial charge in [-0.05, 0) is 17.7 Å². The summed E-state index contributed by atoms with van der Waals surface area (Å²) in [6, 6.07) is 7.33. The summed E-state index contributed by atoms with van der Waals surface area (Å²) in [5.74, 6) is -2.12. The molecule has 0 bridgehead atoms. The lowest BCUT2D eigenvalue weighted by Crippen LogP contribution is -2.47. The maximum Gasteiger partial charge on any atom is 0.327 e. The summed E-state index contributed by atoms with van der Waals surface area (Å²) in [7, 11) is 2.62. The van der Waals surface area contributed by atoms with Crippen LogP contribution in [0, 0.1) is 0 Å². The molecule has 36 heavy (non-hydrogen) atoms. The summed E-state index contributed by atoms with van der Waals surface area (Å²) in [5, 5.41) is 2.79. The molecule has 0 aliphatic carbocycles. The Balaban J connectivity index is 2.01. The lowest BCUT2D eigenvalue weighted by Gasteiger charge is -2.29. The van der Waals surface area contributed by atoms with Gasteiger partial charge in [0.2, 0.25) is 5.91 Å². The number of amides is 1. The van der Waals surface area contributed by atoms with Crippen LogP contribution in [0.3, 0.4) is 0 Å². The topological polar surface area (TPSA) is 135 Å². The van der Waals surface area contributed by atoms with E-state index >= 15 is 0 Å². The Labute approximate surface area is 223 Å². The monoisotopic (exact) mass is 618 g/mol. The van der Waals surface area contributed by atoms with E-state index in [0.29, 0.717) is 42.8 Å². The predicted molar refractivity (Wildman–Crippen MR) is 137 cm³/mol. The molecular formula is C23H31IN4O8. The molecule has 1 fully saturated rings. The third-order valence-electron chi connectivity index (χ3n) is 5.32. The standard InChI is InChI=1S/C23H31IN4O8/c1-34-20(30)13-26(8-10-28-15-22(32)36-23(33)16-28)7-9-27(14-21(31)35-2)12-17-3-5-18(6-4-17)25-19(29)11-24/h3-6H,7-16H2,1-2H3,(H,25,29). The second-order valence-electron chi connectivity index (χ2n) is 8.07. The SMILES string of the molecule is COC(=O)CN(CCN1CC(=O)OC(=O)C1)CCN(CC(=O)OC)Cc1ccc(NC(=O)CI)cc1. The summed E-state index contributed by atoms with van der Waals surface area (Å²) in [6.07, 6.45) is 0. The van der Waals surface area contributed by atoms with E-state index in [1.54, 1.807) is 17.0 Å². The van der Waals surface area contributed by atoms with E-state index in [9.17, 15) is 24.0 Å². The molecule has 2 rings (SSSR count). The first kappa shape index (κ1) is 29.6. The predicted octanol–water partition coefficient (Wildman–Crippen LogP) is -0.104. The quantitative estimate of drug-likeness (QED) is 0.0985. The highest BCUT2D eigenvalue weighted by atomic mass is 127. The van der Waals surface area contributed by atoms with Crippen molar-refractivity contribution >= 4 is 58.1 Å². The number of esters is 4. The number of carbonyl (C=O) groups is 5. The van der Waals surface area contributed by atoms with E-state index < -0.39 is 23.9 Å². The van der Waals surface area contributed by atoms with Gasteiger partial charge in [-0.3, -0.25) is 38.7 Å². The molecule has 1 amide bonds. The number of nitrogens with one attached hydrogen (secondary N) is 1. The fourth-order valence-corrected chi connectivity index (χ4v) is 3.65. The fraction of sp³-hybridized carbons (Fsp3) is 0.522. The van der Waals surface area contributed by atoms with Crippen molar-refractivity contribution in [2.45, 2.75) is 6.54 Å². The average molecular weight is 618 g/mol. The number of cyclic esters (lactones) is 2. The van der Waals surface area contributed by atoms with Crippen LogP contribution in [0.15, 0.2) is 24.3 Å². The summed E-state index contributed by atoms with van der Waals surface area (Å²) in [4.78, 5) is 63.9. The molecule has 1 aliphatic heterocycles. The lowest BCUT2D eigenvalue weighted by molar-refractivity contribution is -0.167. The van der Waals surface area contributed by atoms with Crippen LogP contribution in [0.4, 0.5) is 5.69 Å². The van der Waals surface area contributed by atoms with Gasteiger partial charge in [-0.1, -0.05) is 34.7 Å². The van der Waals surface area contributed by atoms with Gasteiger partial charge in [0, 0.05) is 38.4 Å². The molecule has 0 saturated carbocycles. The molecule has 13 heteroatoms. The van der Waals surface area contributed by atoms with E-state index in [0.717, 1.165) is 5.56 Å². The van der Waals surface area contributed by atoms with Crippen molar-refractivity contribution in [2.24, 2.45) is 0 Å². The molecule has 0 spiro atoms. The Hall–Kier alpha value is -2.62. The second kappa shape index (κ2) is 15.5. The first-order chi connectivity index (χ1) is 17.2. The molecule has 1 aromatic carbocycles. The van der Waals surface area contributed by atoms with Gasteiger partial charge < -0.3 is 19.5 Å². The Morgan fingerprint density at radius 3 is 2.06 bits per heavy atom. The average Bonchev–Trinajstić information content (AvgIpc) is 2.85. The van der Waals surface area contributed by atoms with Crippen molar-refractivity contribution in [2.75, 3.05) is 76.3 Å². The molecule has 1 aromatic rings. The minimum absolute atomic E-state index is 0.000553. The van der Waals surface area contributed by atoms with Gasteiger partial charge in [0.05, 0.1) is 44.8 Å². The molecule has 0 atom stereocenters. The Morgan fingerprint density at radius 1 is 0.944 bits per heavy atom. The number of morpholine rings is 1. The van der Waals surface area contributed by atoms with Crippen molar-refractivity contribution in [3.8, 4) is 0 Å². The number of hydrogen-bond donors (Lipinski definition) is 1. The highest BCUT2D eigenvalue weighted by Gasteiger charge is 2.25. The van der Waals surface area contributed by atoms with Gasteiger partial charge in [0.1, 0.15) is 0 Å². The molecule has 0 radical (unpaired) electrons. The van der Waals surface area contributed by atoms with Crippen molar-refractivity contribution < 1.29 is 38.2 Å². The Bertz CT molecular complexity index is 911. The van der Waals surface area contributed by atoms with E-state index in [4.69, 9.17) is 9.47 Å². The molecule has 0 aromatic heterocycles. The fourth-order valence-electron chi connectivity index (χ4n) is 3.46. The van der Waals surface area contributed by atoms with Gasteiger partial charge >= 0.3 is 23.9 Å². The smallest absolute Gasteiger partial charge is 0.327 e. The lowest BCUT2D eigenvalue weighted by atomic mass is 10.2. The van der Waals surface area contributed by atoms with E-state index in [1.165, 1.54) is 14.2 Å². The minimum atomic E-state index is -0.602. The van der Waals surface area contributed by atoms with Gasteiger partial charge in [-0.25, -0.2) is 0 Å². The number of nitrogens with zero attached hydrogens (tertiary/aromatic N) is 3. The molecule has 1 N–H and O–H groups in total. The van der Waals surface area contributed by atoms with Crippen LogP contribution in [0.1, 0.15) is 5.56 Å². The van der Waals surface area contributed by atoms with Crippen LogP contribution < -0.4 is 5.32 Å². The number of anilines is 1. The maximum atomic E-state index is 12.0. The molecule has 1 saturated heterocycles. The Morgan fingerprint density at radius 2 is 1.50 bits per heavy atom. The zero-order valence-electron chi connectivity index (χ0n) is 20.4. The van der Waals surface area contributed by atoms with Gasteiger partial charge in [-0.15, -0.1) is 0 Å². The van der Waals surface area contributed by atoms with Crippen LogP contribution in [-0.2, 0) is 44.7 Å². The number of methoxy groups -OCH3 is 2. The number of carbonyl (C=O) groups excluding carboxylic acids is 5. The number of alkyl halides is 1. The third-order valence-corrected chi connectivity index (χ3v) is 6.02. The molecule has 1 aliphatic rings.